The molecule has 5 rings (SSSR count). The van der Waals surface area contributed by atoms with Crippen LogP contribution in [0.5, 0.6) is 11.5 Å². The summed E-state index contributed by atoms with van der Waals surface area (Å²) in [5.74, 6) is 2.72. The smallest absolute Gasteiger partial charge is 0.243 e. The number of sulfonamides is 1. The van der Waals surface area contributed by atoms with Gasteiger partial charge in [-0.15, -0.1) is 0 Å². The van der Waals surface area contributed by atoms with E-state index in [2.05, 4.69) is 9.97 Å². The Labute approximate surface area is 174 Å². The average Bonchev–Trinajstić information content (AvgIpc) is 3.46. The molecule has 3 heterocycles. The molecule has 0 saturated carbocycles. The van der Waals surface area contributed by atoms with Crippen molar-refractivity contribution in [1.29, 1.82) is 0 Å². The molecule has 4 aromatic rings. The number of ether oxygens (including phenoxy) is 1. The molecule has 8 heteroatoms. The second kappa shape index (κ2) is 7.47. The van der Waals surface area contributed by atoms with E-state index in [9.17, 15) is 8.42 Å². The second-order valence-electron chi connectivity index (χ2n) is 6.99. The lowest BCUT2D eigenvalue weighted by Crippen LogP contribution is -2.35. The van der Waals surface area contributed by atoms with Gasteiger partial charge in [-0.25, -0.2) is 13.4 Å². The molecule has 0 bridgehead atoms. The minimum Gasteiger partial charge on any atom is -0.468 e. The molecule has 152 valence electrons. The standard InChI is InChI=1S/C22H19N3O4S/c26-30(27,25-13-9-16-10-14-28-21(16)15-25)20-7-5-19(6-8-20)29-18-3-1-17(2-4-18)22-23-11-12-24-22/h1-8,10-12,14H,9,13,15H2,(H,23,24). The Morgan fingerprint density at radius 1 is 1.00 bits per heavy atom. The number of benzene rings is 2. The van der Waals surface area contributed by atoms with E-state index in [1.54, 1.807) is 42.9 Å². The van der Waals surface area contributed by atoms with E-state index in [4.69, 9.17) is 9.15 Å². The highest BCUT2D eigenvalue weighted by atomic mass is 32.2. The minimum atomic E-state index is -3.60. The van der Waals surface area contributed by atoms with E-state index in [1.165, 1.54) is 4.31 Å². The van der Waals surface area contributed by atoms with Crippen LogP contribution in [0.15, 0.2) is 82.6 Å². The fourth-order valence-corrected chi connectivity index (χ4v) is 4.88. The van der Waals surface area contributed by atoms with Crippen LogP contribution in [0.3, 0.4) is 0 Å². The van der Waals surface area contributed by atoms with Gasteiger partial charge in [0.15, 0.2) is 0 Å². The lowest BCUT2D eigenvalue weighted by Gasteiger charge is -2.25. The predicted octanol–water partition coefficient (Wildman–Crippen LogP) is 4.21. The number of rotatable bonds is 5. The van der Waals surface area contributed by atoms with E-state index in [1.807, 2.05) is 30.3 Å². The van der Waals surface area contributed by atoms with Crippen LogP contribution in [0.4, 0.5) is 0 Å². The van der Waals surface area contributed by atoms with E-state index >= 15 is 0 Å². The van der Waals surface area contributed by atoms with Crippen LogP contribution >= 0.6 is 0 Å². The quantitative estimate of drug-likeness (QED) is 0.522. The second-order valence-corrected chi connectivity index (χ2v) is 8.93. The molecule has 0 aliphatic carbocycles. The molecule has 1 N–H and O–H groups in total. The number of hydrogen-bond acceptors (Lipinski definition) is 5. The van der Waals surface area contributed by atoms with Crippen molar-refractivity contribution < 1.29 is 17.6 Å². The van der Waals surface area contributed by atoms with E-state index in [0.29, 0.717) is 30.2 Å². The van der Waals surface area contributed by atoms with Gasteiger partial charge in [0.2, 0.25) is 10.0 Å². The highest BCUT2D eigenvalue weighted by molar-refractivity contribution is 7.89. The Hall–Kier alpha value is -3.36. The topological polar surface area (TPSA) is 88.4 Å². The van der Waals surface area contributed by atoms with Gasteiger partial charge in [0.1, 0.15) is 23.1 Å². The number of nitrogens with zero attached hydrogens (tertiary/aromatic N) is 2. The van der Waals surface area contributed by atoms with Crippen molar-refractivity contribution in [3.63, 3.8) is 0 Å². The molecular weight excluding hydrogens is 402 g/mol. The monoisotopic (exact) mass is 421 g/mol. The van der Waals surface area contributed by atoms with Crippen LogP contribution < -0.4 is 4.74 Å². The summed E-state index contributed by atoms with van der Waals surface area (Å²) >= 11 is 0. The van der Waals surface area contributed by atoms with Crippen molar-refractivity contribution >= 4 is 10.0 Å². The van der Waals surface area contributed by atoms with Gasteiger partial charge in [0.25, 0.3) is 0 Å². The molecule has 0 unspecified atom stereocenters. The van der Waals surface area contributed by atoms with Crippen LogP contribution in [0.1, 0.15) is 11.3 Å². The van der Waals surface area contributed by atoms with Gasteiger partial charge in [-0.05, 0) is 66.6 Å². The molecule has 2 aromatic heterocycles. The lowest BCUT2D eigenvalue weighted by atomic mass is 10.1. The molecular formula is C22H19N3O4S. The molecule has 0 fully saturated rings. The van der Waals surface area contributed by atoms with Gasteiger partial charge in [-0.2, -0.15) is 4.31 Å². The summed E-state index contributed by atoms with van der Waals surface area (Å²) in [6, 6.07) is 15.9. The van der Waals surface area contributed by atoms with Gasteiger partial charge in [0.05, 0.1) is 17.7 Å². The van der Waals surface area contributed by atoms with Crippen molar-refractivity contribution in [2.24, 2.45) is 0 Å². The summed E-state index contributed by atoms with van der Waals surface area (Å²) in [6.07, 6.45) is 5.73. The molecule has 1 aliphatic rings. The first-order valence-corrected chi connectivity index (χ1v) is 11.0. The third-order valence-electron chi connectivity index (χ3n) is 5.11. The summed E-state index contributed by atoms with van der Waals surface area (Å²) in [4.78, 5) is 7.51. The SMILES string of the molecule is O=S(=O)(c1ccc(Oc2ccc(-c3ncc[nH]3)cc2)cc1)N1CCc2ccoc2C1. The van der Waals surface area contributed by atoms with E-state index in [-0.39, 0.29) is 11.4 Å². The summed E-state index contributed by atoms with van der Waals surface area (Å²) in [5, 5.41) is 0. The van der Waals surface area contributed by atoms with Crippen molar-refractivity contribution in [2.45, 2.75) is 17.9 Å². The Balaban J connectivity index is 1.29. The molecule has 0 radical (unpaired) electrons. The normalized spacial score (nSPS) is 14.4. The molecule has 0 atom stereocenters. The van der Waals surface area contributed by atoms with Gasteiger partial charge in [0, 0.05) is 24.5 Å². The zero-order valence-corrected chi connectivity index (χ0v) is 16.8. The van der Waals surface area contributed by atoms with Crippen LogP contribution in [0.2, 0.25) is 0 Å². The molecule has 0 saturated heterocycles. The molecule has 7 nitrogen and oxygen atoms in total. The van der Waals surface area contributed by atoms with E-state index < -0.39 is 10.0 Å². The van der Waals surface area contributed by atoms with Crippen molar-refractivity contribution in [3.05, 3.63) is 84.6 Å². The van der Waals surface area contributed by atoms with Gasteiger partial charge < -0.3 is 14.1 Å². The Morgan fingerprint density at radius 2 is 1.73 bits per heavy atom. The lowest BCUT2D eigenvalue weighted by molar-refractivity contribution is 0.343. The third kappa shape index (κ3) is 3.51. The maximum Gasteiger partial charge on any atom is 0.243 e. The van der Waals surface area contributed by atoms with Crippen LogP contribution in [-0.2, 0) is 23.0 Å². The number of furan rings is 1. The van der Waals surface area contributed by atoms with Crippen LogP contribution in [0, 0.1) is 0 Å². The zero-order chi connectivity index (χ0) is 20.6. The van der Waals surface area contributed by atoms with Gasteiger partial charge in [-0.1, -0.05) is 0 Å². The number of fused-ring (bicyclic) bond motifs is 1. The number of imidazole rings is 1. The molecule has 30 heavy (non-hydrogen) atoms. The fraction of sp³-hybridized carbons (Fsp3) is 0.136. The van der Waals surface area contributed by atoms with Crippen LogP contribution in [-0.4, -0.2) is 29.2 Å². The Bertz CT molecular complexity index is 1240. The van der Waals surface area contributed by atoms with Crippen molar-refractivity contribution in [3.8, 4) is 22.9 Å². The molecule has 1 aliphatic heterocycles. The zero-order valence-electron chi connectivity index (χ0n) is 16.0. The highest BCUT2D eigenvalue weighted by Crippen LogP contribution is 2.28. The highest BCUT2D eigenvalue weighted by Gasteiger charge is 2.29. The van der Waals surface area contributed by atoms with Crippen molar-refractivity contribution in [2.75, 3.05) is 6.54 Å². The number of aromatic amines is 1. The predicted molar refractivity (Wildman–Crippen MR) is 111 cm³/mol. The number of H-pyrrole nitrogens is 1. The number of aromatic nitrogens is 2. The molecule has 0 amide bonds. The largest absolute Gasteiger partial charge is 0.468 e. The number of nitrogens with one attached hydrogen (secondary N) is 1. The summed E-state index contributed by atoms with van der Waals surface area (Å²) in [7, 11) is -3.60. The third-order valence-corrected chi connectivity index (χ3v) is 6.97. The van der Waals surface area contributed by atoms with Crippen molar-refractivity contribution in [1.82, 2.24) is 14.3 Å². The van der Waals surface area contributed by atoms with E-state index in [0.717, 1.165) is 17.0 Å². The maximum absolute atomic E-state index is 13.0. The first-order chi connectivity index (χ1) is 14.6. The minimum absolute atomic E-state index is 0.234. The molecule has 2 aromatic carbocycles. The summed E-state index contributed by atoms with van der Waals surface area (Å²) in [6.45, 7) is 0.695. The first kappa shape index (κ1) is 18.7. The summed E-state index contributed by atoms with van der Waals surface area (Å²) < 4.78 is 38.6. The number of hydrogen-bond donors (Lipinski definition) is 1. The van der Waals surface area contributed by atoms with Crippen LogP contribution in [0.25, 0.3) is 11.4 Å². The average molecular weight is 421 g/mol. The fourth-order valence-electron chi connectivity index (χ4n) is 3.49. The first-order valence-electron chi connectivity index (χ1n) is 9.53. The maximum atomic E-state index is 13.0. The van der Waals surface area contributed by atoms with Gasteiger partial charge >= 0.3 is 0 Å². The van der Waals surface area contributed by atoms with Gasteiger partial charge in [-0.3, -0.25) is 0 Å². The Kier molecular flexibility index (Phi) is 4.65. The summed E-state index contributed by atoms with van der Waals surface area (Å²) in [5.41, 5.74) is 2.03. The molecule has 0 spiro atoms. The Morgan fingerprint density at radius 3 is 2.43 bits per heavy atom.